The van der Waals surface area contributed by atoms with E-state index < -0.39 is 0 Å². The van der Waals surface area contributed by atoms with Gasteiger partial charge in [-0.2, -0.15) is 0 Å². The Kier molecular flexibility index (Phi) is 4.72. The van der Waals surface area contributed by atoms with Crippen LogP contribution in [0.4, 0.5) is 0 Å². The van der Waals surface area contributed by atoms with Gasteiger partial charge in [-0.15, -0.1) is 0 Å². The Balaban J connectivity index is 2.40. The molecule has 0 aromatic carbocycles. The molecule has 0 spiro atoms. The molecule has 1 rings (SSSR count). The van der Waals surface area contributed by atoms with Crippen LogP contribution in [0.1, 0.15) is 17.3 Å². The Morgan fingerprint density at radius 2 is 2.25 bits per heavy atom. The number of nitrogens with one attached hydrogen (secondary N) is 1. The van der Waals surface area contributed by atoms with Crippen LogP contribution in [0, 0.1) is 0 Å². The highest BCUT2D eigenvalue weighted by Gasteiger charge is 2.04. The molecule has 1 N–H and O–H groups in total. The Labute approximate surface area is 94.4 Å². The molecule has 0 aliphatic rings. The summed E-state index contributed by atoms with van der Waals surface area (Å²) in [6.45, 7) is 2.71. The molecule has 0 radical (unpaired) electrons. The van der Waals surface area contributed by atoms with Crippen LogP contribution < -0.4 is 5.32 Å². The maximum Gasteiger partial charge on any atom is 0.239 e. The molecule has 5 heteroatoms. The van der Waals surface area contributed by atoms with Gasteiger partial charge in [0.2, 0.25) is 5.91 Å². The van der Waals surface area contributed by atoms with E-state index in [9.17, 15) is 9.59 Å². The summed E-state index contributed by atoms with van der Waals surface area (Å²) in [6.07, 6.45) is 3.38. The van der Waals surface area contributed by atoms with Crippen LogP contribution in [0.15, 0.2) is 18.5 Å². The summed E-state index contributed by atoms with van der Waals surface area (Å²) in [7, 11) is 1.58. The summed E-state index contributed by atoms with van der Waals surface area (Å²) in [5.74, 6) is -0.0960. The zero-order chi connectivity index (χ0) is 12.0. The molecule has 88 valence electrons. The van der Waals surface area contributed by atoms with E-state index in [0.29, 0.717) is 18.7 Å². The number of hydrogen-bond acceptors (Lipinski definition) is 3. The molecule has 0 atom stereocenters. The van der Waals surface area contributed by atoms with Crippen LogP contribution in [0.5, 0.6) is 0 Å². The molecule has 1 aromatic heterocycles. The van der Waals surface area contributed by atoms with Crippen molar-refractivity contribution < 1.29 is 14.3 Å². The molecule has 5 nitrogen and oxygen atoms in total. The van der Waals surface area contributed by atoms with Crippen molar-refractivity contribution in [1.29, 1.82) is 0 Å². The van der Waals surface area contributed by atoms with Gasteiger partial charge >= 0.3 is 0 Å². The highest BCUT2D eigenvalue weighted by atomic mass is 16.5. The highest BCUT2D eigenvalue weighted by Crippen LogP contribution is 2.01. The minimum Gasteiger partial charge on any atom is -0.383 e. The van der Waals surface area contributed by atoms with E-state index in [1.54, 1.807) is 30.1 Å². The first kappa shape index (κ1) is 12.4. The molecule has 0 bridgehead atoms. The molecule has 0 unspecified atom stereocenters. The van der Waals surface area contributed by atoms with E-state index >= 15 is 0 Å². The predicted molar refractivity (Wildman–Crippen MR) is 59.3 cm³/mol. The third kappa shape index (κ3) is 3.86. The fourth-order valence-corrected chi connectivity index (χ4v) is 1.26. The first-order valence-corrected chi connectivity index (χ1v) is 5.06. The first-order chi connectivity index (χ1) is 7.63. The van der Waals surface area contributed by atoms with Crippen molar-refractivity contribution >= 4 is 11.7 Å². The summed E-state index contributed by atoms with van der Waals surface area (Å²) >= 11 is 0. The van der Waals surface area contributed by atoms with E-state index in [-0.39, 0.29) is 18.2 Å². The molecule has 0 saturated heterocycles. The Hall–Kier alpha value is -1.62. The number of ether oxygens (including phenoxy) is 1. The highest BCUT2D eigenvalue weighted by molar-refractivity contribution is 5.93. The van der Waals surface area contributed by atoms with Crippen LogP contribution in [-0.2, 0) is 16.1 Å². The second-order valence-corrected chi connectivity index (χ2v) is 3.47. The standard InChI is InChI=1S/C11H16N2O3/c1-9(14)10-3-5-13(7-10)8-11(15)12-4-6-16-2/h3,5,7H,4,6,8H2,1-2H3,(H,12,15). The third-order valence-corrected chi connectivity index (χ3v) is 2.11. The SMILES string of the molecule is COCCNC(=O)Cn1ccc(C(C)=O)c1. The Morgan fingerprint density at radius 1 is 1.50 bits per heavy atom. The average Bonchev–Trinajstić information content (AvgIpc) is 2.66. The van der Waals surface area contributed by atoms with Crippen LogP contribution in [-0.4, -0.2) is 36.5 Å². The zero-order valence-electron chi connectivity index (χ0n) is 9.53. The van der Waals surface area contributed by atoms with Crippen molar-refractivity contribution in [2.24, 2.45) is 0 Å². The summed E-state index contributed by atoms with van der Waals surface area (Å²) in [6, 6.07) is 1.70. The molecular formula is C11H16N2O3. The van der Waals surface area contributed by atoms with E-state index in [2.05, 4.69) is 5.32 Å². The van der Waals surface area contributed by atoms with Gasteiger partial charge in [0.05, 0.1) is 6.61 Å². The van der Waals surface area contributed by atoms with Gasteiger partial charge in [-0.1, -0.05) is 0 Å². The van der Waals surface area contributed by atoms with Crippen molar-refractivity contribution in [1.82, 2.24) is 9.88 Å². The quantitative estimate of drug-likeness (QED) is 0.564. The van der Waals surface area contributed by atoms with Gasteiger partial charge in [-0.3, -0.25) is 9.59 Å². The van der Waals surface area contributed by atoms with Crippen molar-refractivity contribution in [2.45, 2.75) is 13.5 Å². The van der Waals surface area contributed by atoms with Gasteiger partial charge in [0, 0.05) is 31.6 Å². The molecule has 1 aromatic rings. The first-order valence-electron chi connectivity index (χ1n) is 5.06. The maximum atomic E-state index is 11.4. The summed E-state index contributed by atoms with van der Waals surface area (Å²) < 4.78 is 6.49. The maximum absolute atomic E-state index is 11.4. The van der Waals surface area contributed by atoms with Crippen molar-refractivity contribution in [3.63, 3.8) is 0 Å². The van der Waals surface area contributed by atoms with Crippen molar-refractivity contribution in [3.05, 3.63) is 24.0 Å². The summed E-state index contributed by atoms with van der Waals surface area (Å²) in [5.41, 5.74) is 0.615. The lowest BCUT2D eigenvalue weighted by molar-refractivity contribution is -0.121. The van der Waals surface area contributed by atoms with Crippen molar-refractivity contribution in [2.75, 3.05) is 20.3 Å². The van der Waals surface area contributed by atoms with E-state index in [4.69, 9.17) is 4.74 Å². The Morgan fingerprint density at radius 3 is 2.81 bits per heavy atom. The number of hydrogen-bond donors (Lipinski definition) is 1. The summed E-state index contributed by atoms with van der Waals surface area (Å²) in [5, 5.41) is 2.70. The number of nitrogens with zero attached hydrogens (tertiary/aromatic N) is 1. The lowest BCUT2D eigenvalue weighted by atomic mass is 10.2. The summed E-state index contributed by atoms with van der Waals surface area (Å²) in [4.78, 5) is 22.4. The second kappa shape index (κ2) is 6.07. The number of ketones is 1. The minimum atomic E-state index is -0.0947. The molecule has 0 saturated carbocycles. The fraction of sp³-hybridized carbons (Fsp3) is 0.455. The van der Waals surface area contributed by atoms with Crippen molar-refractivity contribution in [3.8, 4) is 0 Å². The lowest BCUT2D eigenvalue weighted by Crippen LogP contribution is -2.29. The molecule has 0 aliphatic heterocycles. The molecule has 1 amide bonds. The van der Waals surface area contributed by atoms with Crippen LogP contribution >= 0.6 is 0 Å². The molecule has 0 aliphatic carbocycles. The number of methoxy groups -OCH3 is 1. The second-order valence-electron chi connectivity index (χ2n) is 3.47. The third-order valence-electron chi connectivity index (χ3n) is 2.11. The van der Waals surface area contributed by atoms with Gasteiger partial charge in [0.15, 0.2) is 5.78 Å². The number of Topliss-reactive ketones (excluding diaryl/α,β-unsaturated/α-hetero) is 1. The van der Waals surface area contributed by atoms with Gasteiger partial charge in [-0.25, -0.2) is 0 Å². The number of aromatic nitrogens is 1. The van der Waals surface area contributed by atoms with Gasteiger partial charge in [-0.05, 0) is 13.0 Å². The van der Waals surface area contributed by atoms with Crippen LogP contribution in [0.25, 0.3) is 0 Å². The number of carbonyl (C=O) groups excluding carboxylic acids is 2. The fourth-order valence-electron chi connectivity index (χ4n) is 1.26. The predicted octanol–water partition coefficient (Wildman–Crippen LogP) is 0.453. The zero-order valence-corrected chi connectivity index (χ0v) is 9.53. The van der Waals surface area contributed by atoms with E-state index in [1.165, 1.54) is 6.92 Å². The monoisotopic (exact) mass is 224 g/mol. The van der Waals surface area contributed by atoms with Gasteiger partial charge in [0.25, 0.3) is 0 Å². The van der Waals surface area contributed by atoms with Gasteiger partial charge in [0.1, 0.15) is 6.54 Å². The smallest absolute Gasteiger partial charge is 0.239 e. The number of carbonyl (C=O) groups is 2. The van der Waals surface area contributed by atoms with Crippen LogP contribution in [0.3, 0.4) is 0 Å². The Bertz CT molecular complexity index is 371. The number of rotatable bonds is 6. The van der Waals surface area contributed by atoms with Crippen LogP contribution in [0.2, 0.25) is 0 Å². The molecule has 0 fully saturated rings. The minimum absolute atomic E-state index is 0.00135. The average molecular weight is 224 g/mol. The number of amides is 1. The van der Waals surface area contributed by atoms with E-state index in [1.807, 2.05) is 0 Å². The molecule has 16 heavy (non-hydrogen) atoms. The van der Waals surface area contributed by atoms with Gasteiger partial charge < -0.3 is 14.6 Å². The normalized spacial score (nSPS) is 10.1. The molecule has 1 heterocycles. The topological polar surface area (TPSA) is 60.3 Å². The molecular weight excluding hydrogens is 208 g/mol. The van der Waals surface area contributed by atoms with E-state index in [0.717, 1.165) is 0 Å². The largest absolute Gasteiger partial charge is 0.383 e. The lowest BCUT2D eigenvalue weighted by Gasteiger charge is -2.04.